The summed E-state index contributed by atoms with van der Waals surface area (Å²) in [7, 11) is 2.01. The van der Waals surface area contributed by atoms with E-state index in [2.05, 4.69) is 33.1 Å². The van der Waals surface area contributed by atoms with Gasteiger partial charge in [-0.25, -0.2) is 4.39 Å². The van der Waals surface area contributed by atoms with E-state index in [9.17, 15) is 4.39 Å². The van der Waals surface area contributed by atoms with Crippen LogP contribution in [-0.2, 0) is 0 Å². The van der Waals surface area contributed by atoms with E-state index in [0.717, 1.165) is 18.7 Å². The Morgan fingerprint density at radius 2 is 2.29 bits per heavy atom. The summed E-state index contributed by atoms with van der Waals surface area (Å²) in [6, 6.07) is 6.21. The number of hydrogen-bond acceptors (Lipinski definition) is 2. The van der Waals surface area contributed by atoms with E-state index in [-0.39, 0.29) is 5.82 Å². The third kappa shape index (κ3) is 2.87. The molecule has 2 atom stereocenters. The van der Waals surface area contributed by atoms with Gasteiger partial charge in [-0.3, -0.25) is 4.90 Å². The Hall–Kier alpha value is -0.450. The molecule has 2 unspecified atom stereocenters. The lowest BCUT2D eigenvalue weighted by Gasteiger charge is -2.25. The minimum Gasteiger partial charge on any atom is -0.316 e. The predicted molar refractivity (Wildman–Crippen MR) is 71.6 cm³/mol. The quantitative estimate of drug-likeness (QED) is 0.923. The topological polar surface area (TPSA) is 15.3 Å². The first-order valence-electron chi connectivity index (χ1n) is 5.98. The van der Waals surface area contributed by atoms with E-state index in [1.807, 2.05) is 19.2 Å². The van der Waals surface area contributed by atoms with Gasteiger partial charge in [0.25, 0.3) is 0 Å². The zero-order valence-corrected chi connectivity index (χ0v) is 11.8. The van der Waals surface area contributed by atoms with Crippen molar-refractivity contribution in [2.75, 3.05) is 20.1 Å². The van der Waals surface area contributed by atoms with Crippen molar-refractivity contribution in [3.05, 3.63) is 34.1 Å². The van der Waals surface area contributed by atoms with Crippen LogP contribution in [0.5, 0.6) is 0 Å². The number of nitrogens with one attached hydrogen (secondary N) is 1. The molecular weight excluding hydrogens is 283 g/mol. The number of nitrogens with zero attached hydrogens (tertiary/aromatic N) is 1. The number of rotatable bonds is 3. The summed E-state index contributed by atoms with van der Waals surface area (Å²) in [5, 5.41) is 3.31. The van der Waals surface area contributed by atoms with Crippen molar-refractivity contribution >= 4 is 15.9 Å². The fourth-order valence-electron chi connectivity index (χ4n) is 2.36. The SMILES string of the molecule is CNC1CCN(C(C)c2ccc(F)c(Br)c2)C1. The number of hydrogen-bond donors (Lipinski definition) is 1. The largest absolute Gasteiger partial charge is 0.316 e. The van der Waals surface area contributed by atoms with Crippen LogP contribution in [0.4, 0.5) is 4.39 Å². The minimum absolute atomic E-state index is 0.199. The molecule has 0 radical (unpaired) electrons. The molecule has 2 nitrogen and oxygen atoms in total. The van der Waals surface area contributed by atoms with Crippen LogP contribution in [0.1, 0.15) is 24.9 Å². The average molecular weight is 301 g/mol. The average Bonchev–Trinajstić information content (AvgIpc) is 2.80. The Bertz CT molecular complexity index is 397. The van der Waals surface area contributed by atoms with Crippen LogP contribution in [0.3, 0.4) is 0 Å². The van der Waals surface area contributed by atoms with Gasteiger partial charge in [0.05, 0.1) is 4.47 Å². The molecule has 17 heavy (non-hydrogen) atoms. The second-order valence-corrected chi connectivity index (χ2v) is 5.47. The number of halogens is 2. The number of likely N-dealkylation sites (N-methyl/N-ethyl adjacent to an activating group) is 1. The van der Waals surface area contributed by atoms with Gasteiger partial charge in [0.15, 0.2) is 0 Å². The van der Waals surface area contributed by atoms with Crippen LogP contribution < -0.4 is 5.32 Å². The molecule has 1 N–H and O–H groups in total. The summed E-state index contributed by atoms with van der Waals surface area (Å²) >= 11 is 3.24. The molecule has 0 amide bonds. The normalized spacial score (nSPS) is 22.9. The fraction of sp³-hybridized carbons (Fsp3) is 0.538. The van der Waals surface area contributed by atoms with E-state index in [1.165, 1.54) is 12.5 Å². The maximum absolute atomic E-state index is 13.2. The van der Waals surface area contributed by atoms with Crippen molar-refractivity contribution in [1.29, 1.82) is 0 Å². The van der Waals surface area contributed by atoms with Gasteiger partial charge in [0, 0.05) is 25.2 Å². The summed E-state index contributed by atoms with van der Waals surface area (Å²) in [5.74, 6) is -0.199. The van der Waals surface area contributed by atoms with Gasteiger partial charge < -0.3 is 5.32 Å². The van der Waals surface area contributed by atoms with Crippen LogP contribution in [-0.4, -0.2) is 31.1 Å². The smallest absolute Gasteiger partial charge is 0.137 e. The van der Waals surface area contributed by atoms with E-state index in [0.29, 0.717) is 16.6 Å². The van der Waals surface area contributed by atoms with Crippen molar-refractivity contribution in [2.24, 2.45) is 0 Å². The van der Waals surface area contributed by atoms with E-state index in [4.69, 9.17) is 0 Å². The number of benzene rings is 1. The highest BCUT2D eigenvalue weighted by Crippen LogP contribution is 2.27. The molecule has 0 bridgehead atoms. The second kappa shape index (κ2) is 5.46. The maximum atomic E-state index is 13.2. The number of likely N-dealkylation sites (tertiary alicyclic amines) is 1. The van der Waals surface area contributed by atoms with Crippen molar-refractivity contribution in [2.45, 2.75) is 25.4 Å². The zero-order valence-electron chi connectivity index (χ0n) is 10.2. The Morgan fingerprint density at radius 1 is 1.53 bits per heavy atom. The molecule has 1 fully saturated rings. The highest BCUT2D eigenvalue weighted by atomic mass is 79.9. The fourth-order valence-corrected chi connectivity index (χ4v) is 2.75. The van der Waals surface area contributed by atoms with Gasteiger partial charge in [-0.15, -0.1) is 0 Å². The minimum atomic E-state index is -0.199. The monoisotopic (exact) mass is 300 g/mol. The molecule has 0 spiro atoms. The van der Waals surface area contributed by atoms with Crippen molar-refractivity contribution in [3.8, 4) is 0 Å². The molecule has 1 aromatic rings. The molecule has 4 heteroatoms. The molecule has 1 aromatic carbocycles. The van der Waals surface area contributed by atoms with Crippen LogP contribution >= 0.6 is 15.9 Å². The third-order valence-electron chi connectivity index (χ3n) is 3.60. The lowest BCUT2D eigenvalue weighted by Crippen LogP contribution is -2.31. The summed E-state index contributed by atoms with van der Waals surface area (Å²) in [6.07, 6.45) is 1.18. The molecule has 0 aliphatic carbocycles. The van der Waals surface area contributed by atoms with Crippen molar-refractivity contribution in [3.63, 3.8) is 0 Å². The Kier molecular flexibility index (Phi) is 4.17. The summed E-state index contributed by atoms with van der Waals surface area (Å²) in [6.45, 7) is 4.34. The van der Waals surface area contributed by atoms with Gasteiger partial charge in [-0.1, -0.05) is 6.07 Å². The second-order valence-electron chi connectivity index (χ2n) is 4.62. The van der Waals surface area contributed by atoms with Gasteiger partial charge in [-0.05, 0) is 54.0 Å². The van der Waals surface area contributed by atoms with Gasteiger partial charge in [0.1, 0.15) is 5.82 Å². The maximum Gasteiger partial charge on any atom is 0.137 e. The van der Waals surface area contributed by atoms with E-state index < -0.39 is 0 Å². The van der Waals surface area contributed by atoms with Gasteiger partial charge >= 0.3 is 0 Å². The molecule has 1 aliphatic rings. The van der Waals surface area contributed by atoms with E-state index in [1.54, 1.807) is 0 Å². The third-order valence-corrected chi connectivity index (χ3v) is 4.21. The lowest BCUT2D eigenvalue weighted by atomic mass is 10.1. The molecule has 1 aliphatic heterocycles. The Labute approximate surface area is 110 Å². The molecule has 2 rings (SSSR count). The first-order chi connectivity index (χ1) is 8.11. The van der Waals surface area contributed by atoms with Crippen molar-refractivity contribution < 1.29 is 4.39 Å². The van der Waals surface area contributed by atoms with Crippen LogP contribution in [0.2, 0.25) is 0 Å². The molecule has 0 aromatic heterocycles. The summed E-state index contributed by atoms with van der Waals surface area (Å²) < 4.78 is 13.7. The first kappa shape index (κ1) is 13.0. The summed E-state index contributed by atoms with van der Waals surface area (Å²) in [5.41, 5.74) is 1.16. The van der Waals surface area contributed by atoms with E-state index >= 15 is 0 Å². The standard InChI is InChI=1S/C13H18BrFN2/c1-9(17-6-5-11(8-17)16-2)10-3-4-13(15)12(14)7-10/h3-4,7,9,11,16H,5-6,8H2,1-2H3. The molecule has 94 valence electrons. The van der Waals surface area contributed by atoms with Gasteiger partial charge in [0.2, 0.25) is 0 Å². The van der Waals surface area contributed by atoms with Crippen LogP contribution in [0, 0.1) is 5.82 Å². The Balaban J connectivity index is 2.09. The van der Waals surface area contributed by atoms with Crippen LogP contribution in [0.15, 0.2) is 22.7 Å². The molecule has 0 saturated carbocycles. The summed E-state index contributed by atoms with van der Waals surface area (Å²) in [4.78, 5) is 2.43. The lowest BCUT2D eigenvalue weighted by molar-refractivity contribution is 0.257. The first-order valence-corrected chi connectivity index (χ1v) is 6.77. The molecular formula is C13H18BrFN2. The predicted octanol–water partition coefficient (Wildman–Crippen LogP) is 2.94. The Morgan fingerprint density at radius 3 is 2.88 bits per heavy atom. The van der Waals surface area contributed by atoms with Gasteiger partial charge in [-0.2, -0.15) is 0 Å². The van der Waals surface area contributed by atoms with Crippen molar-refractivity contribution in [1.82, 2.24) is 10.2 Å². The molecule has 1 heterocycles. The van der Waals surface area contributed by atoms with Crippen LogP contribution in [0.25, 0.3) is 0 Å². The molecule has 1 saturated heterocycles. The highest BCUT2D eigenvalue weighted by Gasteiger charge is 2.25. The highest BCUT2D eigenvalue weighted by molar-refractivity contribution is 9.10. The zero-order chi connectivity index (χ0) is 12.4.